The number of ether oxygens (including phenoxy) is 1. The lowest BCUT2D eigenvalue weighted by Crippen LogP contribution is -2.61. The van der Waals surface area contributed by atoms with E-state index in [-0.39, 0.29) is 11.1 Å². The summed E-state index contributed by atoms with van der Waals surface area (Å²) in [7, 11) is 1.59. The summed E-state index contributed by atoms with van der Waals surface area (Å²) in [5, 5.41) is 16.8. The van der Waals surface area contributed by atoms with E-state index in [9.17, 15) is 0 Å². The number of nitrogens with zero attached hydrogens (tertiary/aromatic N) is 3. The minimum atomic E-state index is 0.119. The highest BCUT2D eigenvalue weighted by Gasteiger charge is 2.37. The Balaban J connectivity index is 1.55. The molecule has 3 aromatic rings. The van der Waals surface area contributed by atoms with Crippen LogP contribution in [-0.4, -0.2) is 51.9 Å². The summed E-state index contributed by atoms with van der Waals surface area (Å²) in [4.78, 5) is 4.78. The van der Waals surface area contributed by atoms with Crippen molar-refractivity contribution in [3.05, 3.63) is 39.6 Å². The molecule has 2 aromatic heterocycles. The first kappa shape index (κ1) is 26.0. The molecule has 1 aromatic carbocycles. The lowest BCUT2D eigenvalue weighted by molar-refractivity contribution is 0.147. The number of methoxy groups -OCH3 is 1. The minimum absolute atomic E-state index is 0.119. The summed E-state index contributed by atoms with van der Waals surface area (Å²) >= 11 is 13.2. The number of benzene rings is 1. The predicted molar refractivity (Wildman–Crippen MR) is 145 cm³/mol. The van der Waals surface area contributed by atoms with Gasteiger partial charge in [0.1, 0.15) is 11.6 Å². The van der Waals surface area contributed by atoms with Gasteiger partial charge in [0.2, 0.25) is 0 Å². The van der Waals surface area contributed by atoms with E-state index in [4.69, 9.17) is 38.0 Å². The largest absolute Gasteiger partial charge is 0.497 e. The fraction of sp³-hybridized carbons (Fsp3) is 0.538. The fourth-order valence-corrected chi connectivity index (χ4v) is 6.16. The van der Waals surface area contributed by atoms with Crippen LogP contribution in [0.5, 0.6) is 5.75 Å². The fourth-order valence-electron chi connectivity index (χ4n) is 5.50. The number of hydrogen-bond acceptors (Lipinski definition) is 6. The van der Waals surface area contributed by atoms with Crippen LogP contribution < -0.4 is 20.7 Å². The van der Waals surface area contributed by atoms with Crippen molar-refractivity contribution in [3.8, 4) is 16.9 Å². The molecule has 9 heteroatoms. The Morgan fingerprint density at radius 2 is 1.66 bits per heavy atom. The van der Waals surface area contributed by atoms with Gasteiger partial charge in [-0.05, 0) is 66.5 Å². The molecule has 3 heterocycles. The minimum Gasteiger partial charge on any atom is -0.497 e. The quantitative estimate of drug-likeness (QED) is 0.351. The predicted octanol–water partition coefficient (Wildman–Crippen LogP) is 5.64. The first-order valence-electron chi connectivity index (χ1n) is 12.1. The second kappa shape index (κ2) is 9.77. The average Bonchev–Trinajstić information content (AvgIpc) is 3.04. The van der Waals surface area contributed by atoms with Crippen LogP contribution in [0.1, 0.15) is 51.9 Å². The van der Waals surface area contributed by atoms with E-state index in [0.717, 1.165) is 48.7 Å². The number of anilines is 1. The summed E-state index contributed by atoms with van der Waals surface area (Å²) in [5.41, 5.74) is 4.18. The molecule has 7 nitrogen and oxygen atoms in total. The van der Waals surface area contributed by atoms with Crippen molar-refractivity contribution >= 4 is 34.7 Å². The highest BCUT2D eigenvalue weighted by molar-refractivity contribution is 6.39. The summed E-state index contributed by atoms with van der Waals surface area (Å²) in [6.45, 7) is 14.6. The van der Waals surface area contributed by atoms with Gasteiger partial charge in [0.15, 0.2) is 5.65 Å². The van der Waals surface area contributed by atoms with Crippen LogP contribution in [-0.2, 0) is 0 Å². The van der Waals surface area contributed by atoms with E-state index < -0.39 is 0 Å². The van der Waals surface area contributed by atoms with E-state index in [1.807, 2.05) is 24.4 Å². The number of nitrogens with one attached hydrogen (secondary N) is 3. The van der Waals surface area contributed by atoms with Crippen LogP contribution in [0, 0.1) is 13.8 Å². The van der Waals surface area contributed by atoms with Crippen LogP contribution in [0.4, 0.5) is 5.82 Å². The van der Waals surface area contributed by atoms with Gasteiger partial charge in [0, 0.05) is 47.5 Å². The molecule has 0 spiro atoms. The van der Waals surface area contributed by atoms with Crippen molar-refractivity contribution in [2.24, 2.45) is 0 Å². The van der Waals surface area contributed by atoms with Crippen molar-refractivity contribution in [1.29, 1.82) is 0 Å². The van der Waals surface area contributed by atoms with Crippen molar-refractivity contribution in [2.75, 3.05) is 25.5 Å². The maximum Gasteiger partial charge on any atom is 0.165 e. The number of aromatic nitrogens is 3. The molecule has 0 unspecified atom stereocenters. The number of hydrogen-bond donors (Lipinski definition) is 3. The van der Waals surface area contributed by atoms with E-state index >= 15 is 0 Å². The third-order valence-corrected chi connectivity index (χ3v) is 7.04. The lowest BCUT2D eigenvalue weighted by atomic mass is 9.79. The lowest BCUT2D eigenvalue weighted by Gasteiger charge is -2.46. The number of rotatable bonds is 7. The molecule has 1 fully saturated rings. The molecule has 0 amide bonds. The van der Waals surface area contributed by atoms with Crippen LogP contribution >= 0.6 is 23.2 Å². The molecule has 1 aliphatic heterocycles. The third-order valence-electron chi connectivity index (χ3n) is 6.45. The van der Waals surface area contributed by atoms with Gasteiger partial charge in [-0.2, -0.15) is 9.61 Å². The molecule has 0 radical (unpaired) electrons. The second-order valence-electron chi connectivity index (χ2n) is 10.8. The zero-order valence-electron chi connectivity index (χ0n) is 21.6. The Morgan fingerprint density at radius 3 is 2.26 bits per heavy atom. The summed E-state index contributed by atoms with van der Waals surface area (Å²) in [6, 6.07) is 6.00. The van der Waals surface area contributed by atoms with Gasteiger partial charge in [-0.25, -0.2) is 4.98 Å². The molecule has 190 valence electrons. The van der Waals surface area contributed by atoms with Crippen LogP contribution in [0.3, 0.4) is 0 Å². The van der Waals surface area contributed by atoms with Crippen LogP contribution in [0.2, 0.25) is 10.0 Å². The molecular formula is C26H36Cl2N6O. The van der Waals surface area contributed by atoms with Crippen molar-refractivity contribution in [1.82, 2.24) is 25.2 Å². The SMILES string of the molecule is COc1cc(Cl)c(-c2c(C)nn3c(NCCNC4CC(C)(C)NC(C)(C)C4)cc(C)nc23)c(Cl)c1. The van der Waals surface area contributed by atoms with E-state index in [1.54, 1.807) is 19.2 Å². The zero-order chi connectivity index (χ0) is 25.5. The highest BCUT2D eigenvalue weighted by Crippen LogP contribution is 2.41. The first-order chi connectivity index (χ1) is 16.4. The monoisotopic (exact) mass is 518 g/mol. The summed E-state index contributed by atoms with van der Waals surface area (Å²) in [6.07, 6.45) is 2.19. The third kappa shape index (κ3) is 5.69. The molecule has 0 saturated carbocycles. The number of halogens is 2. The molecule has 1 saturated heterocycles. The normalized spacial score (nSPS) is 17.6. The zero-order valence-corrected chi connectivity index (χ0v) is 23.2. The van der Waals surface area contributed by atoms with Crippen LogP contribution in [0.15, 0.2) is 18.2 Å². The Morgan fingerprint density at radius 1 is 1.03 bits per heavy atom. The Kier molecular flexibility index (Phi) is 7.26. The Labute approximate surface area is 217 Å². The maximum absolute atomic E-state index is 6.62. The van der Waals surface area contributed by atoms with E-state index in [1.165, 1.54) is 0 Å². The van der Waals surface area contributed by atoms with Gasteiger partial charge >= 0.3 is 0 Å². The topological polar surface area (TPSA) is 75.5 Å². The van der Waals surface area contributed by atoms with Gasteiger partial charge in [-0.3, -0.25) is 0 Å². The Bertz CT molecular complexity index is 1200. The Hall–Kier alpha value is -2.06. The standard InChI is InChI=1S/C26H36Cl2N6O/c1-15-10-21(30-9-8-29-17-13-25(3,4)33-26(5,6)14-17)34-24(31-15)22(16(2)32-34)23-19(27)11-18(35-7)12-20(23)28/h10-12,17,29-30,33H,8-9,13-14H2,1-7H3. The summed E-state index contributed by atoms with van der Waals surface area (Å²) < 4.78 is 7.14. The van der Waals surface area contributed by atoms with Gasteiger partial charge in [-0.15, -0.1) is 0 Å². The van der Waals surface area contributed by atoms with Gasteiger partial charge in [0.25, 0.3) is 0 Å². The molecule has 0 bridgehead atoms. The number of aryl methyl sites for hydroxylation is 2. The molecule has 3 N–H and O–H groups in total. The number of piperidine rings is 1. The molecule has 0 atom stereocenters. The molecule has 0 aliphatic carbocycles. The van der Waals surface area contributed by atoms with Crippen molar-refractivity contribution in [3.63, 3.8) is 0 Å². The molecule has 1 aliphatic rings. The average molecular weight is 520 g/mol. The van der Waals surface area contributed by atoms with E-state index in [2.05, 4.69) is 43.6 Å². The molecular weight excluding hydrogens is 483 g/mol. The smallest absolute Gasteiger partial charge is 0.165 e. The number of fused-ring (bicyclic) bond motifs is 1. The maximum atomic E-state index is 6.62. The molecule has 35 heavy (non-hydrogen) atoms. The van der Waals surface area contributed by atoms with Crippen LogP contribution in [0.25, 0.3) is 16.8 Å². The van der Waals surface area contributed by atoms with E-state index in [0.29, 0.717) is 33.0 Å². The van der Waals surface area contributed by atoms with Gasteiger partial charge in [-0.1, -0.05) is 23.2 Å². The van der Waals surface area contributed by atoms with Gasteiger partial charge < -0.3 is 20.7 Å². The molecule has 4 rings (SSSR count). The highest BCUT2D eigenvalue weighted by atomic mass is 35.5. The van der Waals surface area contributed by atoms with Crippen molar-refractivity contribution < 1.29 is 4.74 Å². The summed E-state index contributed by atoms with van der Waals surface area (Å²) in [5.74, 6) is 1.49. The first-order valence-corrected chi connectivity index (χ1v) is 12.8. The second-order valence-corrected chi connectivity index (χ2v) is 11.6. The van der Waals surface area contributed by atoms with Crippen molar-refractivity contribution in [2.45, 2.75) is 71.5 Å². The van der Waals surface area contributed by atoms with Gasteiger partial charge in [0.05, 0.1) is 28.4 Å².